The summed E-state index contributed by atoms with van der Waals surface area (Å²) in [7, 11) is 0. The molecule has 0 spiro atoms. The number of halogens is 1. The van der Waals surface area contributed by atoms with E-state index >= 15 is 0 Å². The van der Waals surface area contributed by atoms with Crippen molar-refractivity contribution in [3.63, 3.8) is 0 Å². The van der Waals surface area contributed by atoms with Crippen LogP contribution in [0.1, 0.15) is 31.9 Å². The van der Waals surface area contributed by atoms with Crippen LogP contribution in [0.3, 0.4) is 0 Å². The maximum Gasteiger partial charge on any atom is 0.212 e. The van der Waals surface area contributed by atoms with E-state index in [9.17, 15) is 4.39 Å². The number of fused-ring (bicyclic) bond motifs is 1. The van der Waals surface area contributed by atoms with Gasteiger partial charge in [-0.3, -0.25) is 0 Å². The molecule has 132 valence electrons. The summed E-state index contributed by atoms with van der Waals surface area (Å²) in [5, 5.41) is 13.7. The number of nitrogens with zero attached hydrogens (tertiary/aromatic N) is 4. The lowest BCUT2D eigenvalue weighted by Gasteiger charge is -2.20. The molecule has 0 bridgehead atoms. The fraction of sp³-hybridized carbons (Fsp3) is 0.250. The largest absolute Gasteiger partial charge is 0.212 e. The lowest BCUT2D eigenvalue weighted by molar-refractivity contribution is 0.590. The molecule has 2 heterocycles. The van der Waals surface area contributed by atoms with E-state index in [1.165, 1.54) is 11.6 Å². The van der Waals surface area contributed by atoms with E-state index in [2.05, 4.69) is 55.2 Å². The van der Waals surface area contributed by atoms with Crippen LogP contribution in [-0.2, 0) is 5.41 Å². The van der Waals surface area contributed by atoms with Gasteiger partial charge in [0.05, 0.1) is 11.3 Å². The van der Waals surface area contributed by atoms with Crippen LogP contribution in [-0.4, -0.2) is 26.3 Å². The molecule has 6 heteroatoms. The Morgan fingerprint density at radius 2 is 1.73 bits per heavy atom. The maximum absolute atomic E-state index is 14.2. The van der Waals surface area contributed by atoms with Gasteiger partial charge in [-0.25, -0.2) is 4.39 Å². The van der Waals surface area contributed by atoms with Crippen LogP contribution in [0.2, 0.25) is 0 Å². The van der Waals surface area contributed by atoms with Crippen LogP contribution >= 0.6 is 11.8 Å². The van der Waals surface area contributed by atoms with Crippen molar-refractivity contribution in [1.82, 2.24) is 14.9 Å². The SMILES string of the molecule is CC(C)(C)c1ccc(C2=Nn3c(nnc3-c3ccccc3F)SC2)cc1. The molecule has 26 heavy (non-hydrogen) atoms. The molecule has 1 aliphatic rings. The molecule has 0 atom stereocenters. The number of rotatable bonds is 2. The van der Waals surface area contributed by atoms with Crippen molar-refractivity contribution in [1.29, 1.82) is 0 Å². The molecule has 2 aromatic carbocycles. The zero-order valence-corrected chi connectivity index (χ0v) is 15.7. The Morgan fingerprint density at radius 3 is 2.42 bits per heavy atom. The number of aromatic nitrogens is 3. The smallest absolute Gasteiger partial charge is 0.206 e. The number of hydrogen-bond donors (Lipinski definition) is 0. The zero-order valence-electron chi connectivity index (χ0n) is 14.9. The van der Waals surface area contributed by atoms with Gasteiger partial charge in [-0.2, -0.15) is 9.78 Å². The minimum Gasteiger partial charge on any atom is -0.206 e. The number of benzene rings is 2. The average molecular weight is 366 g/mol. The van der Waals surface area contributed by atoms with E-state index in [1.807, 2.05) is 0 Å². The van der Waals surface area contributed by atoms with Gasteiger partial charge in [0.2, 0.25) is 5.16 Å². The molecular formula is C20H19FN4S. The lowest BCUT2D eigenvalue weighted by atomic mass is 9.86. The first-order valence-corrected chi connectivity index (χ1v) is 9.44. The van der Waals surface area contributed by atoms with Gasteiger partial charge in [0, 0.05) is 5.75 Å². The summed E-state index contributed by atoms with van der Waals surface area (Å²) in [5.41, 5.74) is 3.79. The van der Waals surface area contributed by atoms with Gasteiger partial charge >= 0.3 is 0 Å². The second-order valence-corrected chi connectivity index (χ2v) is 8.20. The van der Waals surface area contributed by atoms with E-state index in [1.54, 1.807) is 34.6 Å². The first-order valence-electron chi connectivity index (χ1n) is 8.45. The van der Waals surface area contributed by atoms with Gasteiger partial charge in [-0.15, -0.1) is 10.2 Å². The highest BCUT2D eigenvalue weighted by atomic mass is 32.2. The van der Waals surface area contributed by atoms with E-state index in [0.717, 1.165) is 11.3 Å². The van der Waals surface area contributed by atoms with Crippen LogP contribution < -0.4 is 0 Å². The van der Waals surface area contributed by atoms with Crippen LogP contribution in [0, 0.1) is 5.82 Å². The number of hydrogen-bond acceptors (Lipinski definition) is 4. The van der Waals surface area contributed by atoms with Crippen molar-refractivity contribution in [2.75, 3.05) is 5.75 Å². The van der Waals surface area contributed by atoms with Gasteiger partial charge in [0.1, 0.15) is 5.82 Å². The molecule has 0 saturated heterocycles. The van der Waals surface area contributed by atoms with Crippen LogP contribution in [0.25, 0.3) is 11.4 Å². The van der Waals surface area contributed by atoms with Crippen molar-refractivity contribution in [2.24, 2.45) is 5.10 Å². The molecule has 0 saturated carbocycles. The third kappa shape index (κ3) is 3.05. The minimum atomic E-state index is -0.329. The summed E-state index contributed by atoms with van der Waals surface area (Å²) in [6, 6.07) is 15.0. The van der Waals surface area contributed by atoms with Crippen molar-refractivity contribution < 1.29 is 4.39 Å². The highest BCUT2D eigenvalue weighted by Gasteiger charge is 2.22. The molecule has 0 fully saturated rings. The highest BCUT2D eigenvalue weighted by molar-refractivity contribution is 7.99. The Kier molecular flexibility index (Phi) is 4.15. The molecule has 0 N–H and O–H groups in total. The maximum atomic E-state index is 14.2. The first-order chi connectivity index (χ1) is 12.4. The van der Waals surface area contributed by atoms with Gasteiger partial charge in [-0.1, -0.05) is 68.9 Å². The number of thioether (sulfide) groups is 1. The Labute approximate surface area is 156 Å². The molecule has 4 rings (SSSR count). The predicted molar refractivity (Wildman–Crippen MR) is 103 cm³/mol. The first kappa shape index (κ1) is 17.0. The monoisotopic (exact) mass is 366 g/mol. The Morgan fingerprint density at radius 1 is 1.00 bits per heavy atom. The molecule has 0 aliphatic carbocycles. The topological polar surface area (TPSA) is 43.1 Å². The molecule has 0 radical (unpaired) electrons. The normalized spacial score (nSPS) is 14.1. The van der Waals surface area contributed by atoms with E-state index in [-0.39, 0.29) is 11.2 Å². The summed E-state index contributed by atoms with van der Waals surface area (Å²) in [5.74, 6) is 0.809. The van der Waals surface area contributed by atoms with Crippen molar-refractivity contribution in [2.45, 2.75) is 31.3 Å². The third-order valence-corrected chi connectivity index (χ3v) is 5.30. The zero-order chi connectivity index (χ0) is 18.3. The van der Waals surface area contributed by atoms with Crippen LogP contribution in [0.5, 0.6) is 0 Å². The second kappa shape index (κ2) is 6.36. The van der Waals surface area contributed by atoms with Gasteiger partial charge in [0.25, 0.3) is 0 Å². The van der Waals surface area contributed by atoms with Crippen molar-refractivity contribution >= 4 is 17.5 Å². The summed E-state index contributed by atoms with van der Waals surface area (Å²) in [6.45, 7) is 6.58. The molecule has 0 unspecified atom stereocenters. The van der Waals surface area contributed by atoms with Crippen LogP contribution in [0.4, 0.5) is 4.39 Å². The molecule has 0 amide bonds. The standard InChI is InChI=1S/C20H19FN4S/c1-20(2,3)14-10-8-13(9-11-14)17-12-26-19-23-22-18(25(19)24-17)15-6-4-5-7-16(15)21/h4-11H,12H2,1-3H3. The highest BCUT2D eigenvalue weighted by Crippen LogP contribution is 2.30. The Bertz CT molecular complexity index is 984. The third-order valence-electron chi connectivity index (χ3n) is 4.37. The van der Waals surface area contributed by atoms with Gasteiger partial charge in [-0.05, 0) is 28.7 Å². The molecular weight excluding hydrogens is 347 g/mol. The summed E-state index contributed by atoms with van der Waals surface area (Å²) in [4.78, 5) is 0. The molecule has 4 nitrogen and oxygen atoms in total. The summed E-state index contributed by atoms with van der Waals surface area (Å²) in [6.07, 6.45) is 0. The second-order valence-electron chi connectivity index (χ2n) is 7.26. The van der Waals surface area contributed by atoms with E-state index in [4.69, 9.17) is 5.10 Å². The fourth-order valence-electron chi connectivity index (χ4n) is 2.84. The summed E-state index contributed by atoms with van der Waals surface area (Å²) >= 11 is 1.56. The minimum absolute atomic E-state index is 0.112. The molecule has 1 aliphatic heterocycles. The van der Waals surface area contributed by atoms with Gasteiger partial charge in [0.15, 0.2) is 5.82 Å². The summed E-state index contributed by atoms with van der Waals surface area (Å²) < 4.78 is 15.8. The van der Waals surface area contributed by atoms with E-state index in [0.29, 0.717) is 22.3 Å². The van der Waals surface area contributed by atoms with Gasteiger partial charge < -0.3 is 0 Å². The quantitative estimate of drug-likeness (QED) is 0.658. The van der Waals surface area contributed by atoms with E-state index < -0.39 is 0 Å². The predicted octanol–water partition coefficient (Wildman–Crippen LogP) is 4.74. The fourth-order valence-corrected chi connectivity index (χ4v) is 3.68. The Hall–Kier alpha value is -2.47. The van der Waals surface area contributed by atoms with Crippen molar-refractivity contribution in [3.05, 3.63) is 65.5 Å². The lowest BCUT2D eigenvalue weighted by Crippen LogP contribution is -2.15. The molecule has 3 aromatic rings. The molecule has 1 aromatic heterocycles. The Balaban J connectivity index is 1.74. The van der Waals surface area contributed by atoms with Crippen LogP contribution in [0.15, 0.2) is 58.8 Å². The van der Waals surface area contributed by atoms with Crippen molar-refractivity contribution in [3.8, 4) is 11.4 Å². The average Bonchev–Trinajstić information content (AvgIpc) is 3.04.